The molecule has 0 aliphatic heterocycles. The van der Waals surface area contributed by atoms with Crippen molar-refractivity contribution in [1.82, 2.24) is 10.6 Å². The van der Waals surface area contributed by atoms with E-state index in [0.717, 1.165) is 19.4 Å². The van der Waals surface area contributed by atoms with Gasteiger partial charge in [0.2, 0.25) is 0 Å². The van der Waals surface area contributed by atoms with Crippen molar-refractivity contribution >= 4 is 6.09 Å². The summed E-state index contributed by atoms with van der Waals surface area (Å²) < 4.78 is 5.39. The van der Waals surface area contributed by atoms with Crippen molar-refractivity contribution in [2.45, 2.75) is 91.7 Å². The summed E-state index contributed by atoms with van der Waals surface area (Å²) in [6.45, 7) is 16.4. The van der Waals surface area contributed by atoms with E-state index < -0.39 is 5.60 Å². The molecule has 0 aromatic carbocycles. The molecule has 0 aromatic rings. The Labute approximate surface area is 143 Å². The molecule has 0 aromatic heterocycles. The number of carbonyl (C=O) groups excluding carboxylic acids is 1. The van der Waals surface area contributed by atoms with Gasteiger partial charge in [-0.2, -0.15) is 0 Å². The number of alkyl carbamates (subject to hydrolysis) is 1. The zero-order valence-corrected chi connectivity index (χ0v) is 16.3. The normalized spacial score (nSPS) is 26.0. The molecule has 0 bridgehead atoms. The molecule has 1 amide bonds. The first-order valence-corrected chi connectivity index (χ1v) is 9.15. The standard InChI is InChI=1S/C19H38N2O2/c1-15-10-8-9-11-19(15,21-13-12-17(2,3)4)14-20-16(22)23-18(5,6)7/h15,21H,8-14H2,1-7H3,(H,20,22). The Morgan fingerprint density at radius 3 is 2.35 bits per heavy atom. The molecule has 1 aliphatic carbocycles. The van der Waals surface area contributed by atoms with Crippen LogP contribution in [0.15, 0.2) is 0 Å². The molecular weight excluding hydrogens is 288 g/mol. The maximum absolute atomic E-state index is 12.0. The van der Waals surface area contributed by atoms with Gasteiger partial charge in [0.15, 0.2) is 0 Å². The van der Waals surface area contributed by atoms with Crippen LogP contribution in [0, 0.1) is 11.3 Å². The summed E-state index contributed by atoms with van der Waals surface area (Å²) in [6, 6.07) is 0. The van der Waals surface area contributed by atoms with E-state index in [1.807, 2.05) is 20.8 Å². The van der Waals surface area contributed by atoms with E-state index in [2.05, 4.69) is 38.3 Å². The van der Waals surface area contributed by atoms with Crippen molar-refractivity contribution in [1.29, 1.82) is 0 Å². The van der Waals surface area contributed by atoms with Gasteiger partial charge in [-0.1, -0.05) is 40.5 Å². The number of hydrogen-bond donors (Lipinski definition) is 2. The quantitative estimate of drug-likeness (QED) is 0.783. The van der Waals surface area contributed by atoms with Crippen LogP contribution >= 0.6 is 0 Å². The van der Waals surface area contributed by atoms with E-state index in [4.69, 9.17) is 4.74 Å². The fourth-order valence-electron chi connectivity index (χ4n) is 3.23. The van der Waals surface area contributed by atoms with E-state index in [1.54, 1.807) is 0 Å². The summed E-state index contributed by atoms with van der Waals surface area (Å²) in [5, 5.41) is 6.79. The van der Waals surface area contributed by atoms with Gasteiger partial charge < -0.3 is 15.4 Å². The highest BCUT2D eigenvalue weighted by Gasteiger charge is 2.38. The SMILES string of the molecule is CC1CCCCC1(CNC(=O)OC(C)(C)C)NCCC(C)(C)C. The highest BCUT2D eigenvalue weighted by molar-refractivity contribution is 5.67. The number of rotatable bonds is 5. The first-order chi connectivity index (χ1) is 10.4. The zero-order valence-electron chi connectivity index (χ0n) is 16.3. The molecule has 0 heterocycles. The lowest BCUT2D eigenvalue weighted by Gasteiger charge is -2.44. The molecule has 1 saturated carbocycles. The Morgan fingerprint density at radius 1 is 1.17 bits per heavy atom. The molecule has 136 valence electrons. The molecule has 1 rings (SSSR count). The van der Waals surface area contributed by atoms with Crippen molar-refractivity contribution < 1.29 is 9.53 Å². The maximum Gasteiger partial charge on any atom is 0.407 e. The van der Waals surface area contributed by atoms with Gasteiger partial charge in [-0.05, 0) is 57.9 Å². The second-order valence-electron chi connectivity index (χ2n) is 9.40. The van der Waals surface area contributed by atoms with Crippen molar-refractivity contribution in [3.8, 4) is 0 Å². The number of carbonyl (C=O) groups is 1. The lowest BCUT2D eigenvalue weighted by molar-refractivity contribution is 0.0478. The predicted octanol–water partition coefficient (Wildman–Crippen LogP) is 4.49. The number of hydrogen-bond acceptors (Lipinski definition) is 3. The fourth-order valence-corrected chi connectivity index (χ4v) is 3.23. The van der Waals surface area contributed by atoms with Gasteiger partial charge in [0.25, 0.3) is 0 Å². The first kappa shape index (κ1) is 20.3. The summed E-state index contributed by atoms with van der Waals surface area (Å²) >= 11 is 0. The molecule has 0 saturated heterocycles. The van der Waals surface area contributed by atoms with Crippen LogP contribution in [0.5, 0.6) is 0 Å². The largest absolute Gasteiger partial charge is 0.444 e. The lowest BCUT2D eigenvalue weighted by atomic mass is 9.73. The zero-order chi connectivity index (χ0) is 17.7. The smallest absolute Gasteiger partial charge is 0.407 e. The average Bonchev–Trinajstić information content (AvgIpc) is 2.36. The molecule has 1 fully saturated rings. The van der Waals surface area contributed by atoms with Gasteiger partial charge >= 0.3 is 6.09 Å². The van der Waals surface area contributed by atoms with Crippen molar-refractivity contribution in [3.05, 3.63) is 0 Å². The van der Waals surface area contributed by atoms with Crippen molar-refractivity contribution in [2.75, 3.05) is 13.1 Å². The Bertz CT molecular complexity index is 382. The van der Waals surface area contributed by atoms with Gasteiger partial charge in [0.05, 0.1) is 0 Å². The minimum absolute atomic E-state index is 0.000401. The number of nitrogens with one attached hydrogen (secondary N) is 2. The van der Waals surface area contributed by atoms with Crippen LogP contribution in [0.4, 0.5) is 4.79 Å². The summed E-state index contributed by atoms with van der Waals surface area (Å²) in [5.74, 6) is 0.561. The second-order valence-corrected chi connectivity index (χ2v) is 9.40. The van der Waals surface area contributed by atoms with Crippen LogP contribution in [0.1, 0.15) is 80.6 Å². The minimum Gasteiger partial charge on any atom is -0.444 e. The molecule has 4 nitrogen and oxygen atoms in total. The van der Waals surface area contributed by atoms with E-state index in [1.165, 1.54) is 19.3 Å². The topological polar surface area (TPSA) is 50.4 Å². The Morgan fingerprint density at radius 2 is 1.83 bits per heavy atom. The highest BCUT2D eigenvalue weighted by atomic mass is 16.6. The summed E-state index contributed by atoms with van der Waals surface area (Å²) in [6.07, 6.45) is 5.67. The highest BCUT2D eigenvalue weighted by Crippen LogP contribution is 2.33. The number of amides is 1. The third-order valence-corrected chi connectivity index (χ3v) is 4.75. The van der Waals surface area contributed by atoms with Crippen LogP contribution < -0.4 is 10.6 Å². The molecule has 2 atom stereocenters. The maximum atomic E-state index is 12.0. The molecule has 2 N–H and O–H groups in total. The average molecular weight is 327 g/mol. The van der Waals surface area contributed by atoms with Crippen molar-refractivity contribution in [2.24, 2.45) is 11.3 Å². The van der Waals surface area contributed by atoms with Gasteiger partial charge in [-0.25, -0.2) is 4.79 Å². The third-order valence-electron chi connectivity index (χ3n) is 4.75. The molecule has 0 radical (unpaired) electrons. The van der Waals surface area contributed by atoms with Crippen LogP contribution in [0.2, 0.25) is 0 Å². The van der Waals surface area contributed by atoms with Crippen LogP contribution in [0.3, 0.4) is 0 Å². The summed E-state index contributed by atoms with van der Waals surface area (Å²) in [4.78, 5) is 12.0. The van der Waals surface area contributed by atoms with Crippen LogP contribution in [-0.4, -0.2) is 30.3 Å². The minimum atomic E-state index is -0.449. The molecule has 2 unspecified atom stereocenters. The van der Waals surface area contributed by atoms with E-state index in [0.29, 0.717) is 17.9 Å². The first-order valence-electron chi connectivity index (χ1n) is 9.15. The Hall–Kier alpha value is -0.770. The third kappa shape index (κ3) is 7.56. The molecule has 4 heteroatoms. The monoisotopic (exact) mass is 326 g/mol. The van der Waals surface area contributed by atoms with Crippen LogP contribution in [0.25, 0.3) is 0 Å². The molecule has 0 spiro atoms. The fraction of sp³-hybridized carbons (Fsp3) is 0.947. The molecule has 1 aliphatic rings. The second kappa shape index (κ2) is 7.87. The van der Waals surface area contributed by atoms with Crippen molar-refractivity contribution in [3.63, 3.8) is 0 Å². The Balaban J connectivity index is 2.63. The van der Waals surface area contributed by atoms with Crippen LogP contribution in [-0.2, 0) is 4.74 Å². The summed E-state index contributed by atoms with van der Waals surface area (Å²) in [5.41, 5.74) is -0.125. The number of ether oxygens (including phenoxy) is 1. The Kier molecular flexibility index (Phi) is 6.94. The van der Waals surface area contributed by atoms with Gasteiger partial charge in [0.1, 0.15) is 5.60 Å². The lowest BCUT2D eigenvalue weighted by Crippen LogP contribution is -2.59. The summed E-state index contributed by atoms with van der Waals surface area (Å²) in [7, 11) is 0. The van der Waals surface area contributed by atoms with Gasteiger partial charge in [-0.3, -0.25) is 0 Å². The molecular formula is C19H38N2O2. The molecule has 23 heavy (non-hydrogen) atoms. The van der Waals surface area contributed by atoms with Gasteiger partial charge in [-0.15, -0.1) is 0 Å². The predicted molar refractivity (Wildman–Crippen MR) is 96.7 cm³/mol. The van der Waals surface area contributed by atoms with E-state index in [9.17, 15) is 4.79 Å². The van der Waals surface area contributed by atoms with E-state index >= 15 is 0 Å². The van der Waals surface area contributed by atoms with Gasteiger partial charge in [0, 0.05) is 12.1 Å². The van der Waals surface area contributed by atoms with E-state index in [-0.39, 0.29) is 11.6 Å².